The van der Waals surface area contributed by atoms with Crippen molar-refractivity contribution in [3.63, 3.8) is 0 Å². The topological polar surface area (TPSA) is 90.9 Å². The molecule has 4 aliphatic carbocycles. The molecule has 0 N–H and O–H groups in total. The average Bonchev–Trinajstić information content (AvgIpc) is 3.46. The molecule has 6 saturated heterocycles. The second-order valence-electron chi connectivity index (χ2n) is 18.6. The van der Waals surface area contributed by atoms with Gasteiger partial charge in [0, 0.05) is 58.8 Å². The maximum absolute atomic E-state index is 15.2. The predicted molar refractivity (Wildman–Crippen MR) is 180 cm³/mol. The fraction of sp³-hybridized carbons (Fsp3) is 1.00. The molecule has 10 aliphatic rings. The van der Waals surface area contributed by atoms with E-state index in [1.54, 1.807) is 0 Å². The Hall–Kier alpha value is -0.590. The summed E-state index contributed by atoms with van der Waals surface area (Å²) in [5, 5.41) is 0. The zero-order valence-corrected chi connectivity index (χ0v) is 32.8. The highest BCUT2D eigenvalue weighted by Crippen LogP contribution is 2.67. The molecule has 0 aromatic rings. The van der Waals surface area contributed by atoms with Crippen LogP contribution in [0.2, 0.25) is 0 Å². The summed E-state index contributed by atoms with van der Waals surface area (Å²) in [5.74, 6) is -9.84. The van der Waals surface area contributed by atoms with E-state index in [-0.39, 0.29) is 48.0 Å². The molecule has 6 heterocycles. The number of fused-ring (bicyclic) bond motifs is 4. The van der Waals surface area contributed by atoms with E-state index in [0.29, 0.717) is 25.7 Å². The summed E-state index contributed by atoms with van der Waals surface area (Å²) in [6, 6.07) is 0. The van der Waals surface area contributed by atoms with Gasteiger partial charge in [0.1, 0.15) is 22.4 Å². The van der Waals surface area contributed by atoms with E-state index in [9.17, 15) is 4.21 Å². The molecule has 54 heavy (non-hydrogen) atoms. The molecule has 9 nitrogen and oxygen atoms in total. The zero-order valence-electron chi connectivity index (χ0n) is 32.0. The highest BCUT2D eigenvalue weighted by Gasteiger charge is 2.78. The van der Waals surface area contributed by atoms with Crippen LogP contribution in [-0.4, -0.2) is 87.5 Å². The summed E-state index contributed by atoms with van der Waals surface area (Å²) < 4.78 is 128. The van der Waals surface area contributed by atoms with Crippen molar-refractivity contribution in [2.24, 2.45) is 47.3 Å². The molecule has 4 bridgehead atoms. The van der Waals surface area contributed by atoms with E-state index >= 15 is 26.3 Å². The molecule has 310 valence electrons. The number of halogens is 6. The molecule has 10 fully saturated rings. The minimum atomic E-state index is -4.94. The molecule has 0 amide bonds. The molecule has 4 saturated carbocycles. The van der Waals surface area contributed by atoms with Crippen molar-refractivity contribution in [2.75, 3.05) is 24.7 Å². The van der Waals surface area contributed by atoms with Crippen LogP contribution < -0.4 is 0 Å². The molecule has 0 radical (unpaired) electrons. The van der Waals surface area contributed by atoms with E-state index in [0.717, 1.165) is 25.7 Å². The van der Waals surface area contributed by atoms with Crippen LogP contribution in [0.3, 0.4) is 0 Å². The number of hydrogen-bond donors (Lipinski definition) is 0. The van der Waals surface area contributed by atoms with E-state index < -0.39 is 106 Å². The molecule has 6 aliphatic heterocycles. The summed E-state index contributed by atoms with van der Waals surface area (Å²) in [5.41, 5.74) is -3.70. The van der Waals surface area contributed by atoms with Gasteiger partial charge in [0.25, 0.3) is 11.6 Å². The van der Waals surface area contributed by atoms with E-state index in [2.05, 4.69) is 13.8 Å². The Morgan fingerprint density at radius 2 is 0.981 bits per heavy atom. The van der Waals surface area contributed by atoms with Crippen molar-refractivity contribution >= 4 is 10.8 Å². The van der Waals surface area contributed by atoms with Crippen LogP contribution in [0.5, 0.6) is 0 Å². The van der Waals surface area contributed by atoms with Crippen molar-refractivity contribution in [2.45, 2.75) is 164 Å². The Morgan fingerprint density at radius 1 is 0.593 bits per heavy atom. The average molecular weight is 803 g/mol. The van der Waals surface area contributed by atoms with Gasteiger partial charge in [0.05, 0.1) is 25.4 Å². The standard InChI is InChI=1S/C38H56F6O9S/c1-21-7-9-27-23(3)35(37(39,40)41,48-29-19-31(5)13-11-25(21)33(27,29)52-50-31)46-15-17-54(45)18-16-47-36(38(42,43)44)24(4)28-10-8-22(2)26-12-14-32(6)20-30(49-36)34(26,28)53-51-32/h21-30H,7-20H2,1-6H3/t21-,22-,23-,24-,25+,26+,27+,28+,29-,30-,31-,32-,33-,34-,35-,36-/m1/s1. The van der Waals surface area contributed by atoms with Gasteiger partial charge in [0.2, 0.25) is 0 Å². The van der Waals surface area contributed by atoms with Crippen LogP contribution in [0, 0.1) is 47.3 Å². The maximum atomic E-state index is 15.2. The molecule has 16 heteroatoms. The largest absolute Gasteiger partial charge is 0.443 e. The molecule has 0 unspecified atom stereocenters. The van der Waals surface area contributed by atoms with E-state index in [1.165, 1.54) is 13.8 Å². The highest BCUT2D eigenvalue weighted by atomic mass is 32.2. The van der Waals surface area contributed by atoms with Crippen LogP contribution in [0.4, 0.5) is 26.3 Å². The fourth-order valence-corrected chi connectivity index (χ4v) is 13.5. The van der Waals surface area contributed by atoms with Gasteiger partial charge in [-0.25, -0.2) is 19.6 Å². The SMILES string of the molecule is C[C@@H]1CC[C@H]2[C@@H](C)[C@](OCCS(=O)CCO[C@@]3(C(F)(F)F)O[C@@H]4C[C@@]5(C)CC[C@H]6[C@H](C)CC[C@@H]([C@H]3C)[C@@]46OO5)(C(F)(F)F)O[C@@H]3C[C@@]4(C)CC[C@@H]1[C@]32OO4. The Balaban J connectivity index is 0.960. The quantitative estimate of drug-likeness (QED) is 0.179. The summed E-state index contributed by atoms with van der Waals surface area (Å²) in [7, 11) is -1.89. The Bertz CT molecular complexity index is 1370. The number of alkyl halides is 6. The first-order valence-corrected chi connectivity index (χ1v) is 21.5. The van der Waals surface area contributed by atoms with Crippen molar-refractivity contribution in [1.29, 1.82) is 0 Å². The lowest BCUT2D eigenvalue weighted by atomic mass is 9.55. The monoisotopic (exact) mass is 802 g/mol. The van der Waals surface area contributed by atoms with Crippen molar-refractivity contribution in [3.05, 3.63) is 0 Å². The molecular weight excluding hydrogens is 746 g/mol. The second kappa shape index (κ2) is 13.2. The Morgan fingerprint density at radius 3 is 1.35 bits per heavy atom. The minimum absolute atomic E-state index is 0.0436. The molecular formula is C38H56F6O9S. The summed E-state index contributed by atoms with van der Waals surface area (Å²) >= 11 is 0. The molecule has 16 atom stereocenters. The summed E-state index contributed by atoms with van der Waals surface area (Å²) in [6.07, 6.45) is -6.12. The van der Waals surface area contributed by atoms with Crippen LogP contribution in [0.25, 0.3) is 0 Å². The summed E-state index contributed by atoms with van der Waals surface area (Å²) in [4.78, 5) is 24.1. The first kappa shape index (κ1) is 40.2. The smallest absolute Gasteiger partial charge is 0.341 e. The lowest BCUT2D eigenvalue weighted by Crippen LogP contribution is -2.75. The van der Waals surface area contributed by atoms with Crippen molar-refractivity contribution in [3.8, 4) is 0 Å². The lowest BCUT2D eigenvalue weighted by molar-refractivity contribution is -0.529. The van der Waals surface area contributed by atoms with Crippen molar-refractivity contribution in [1.82, 2.24) is 0 Å². The van der Waals surface area contributed by atoms with Gasteiger partial charge in [-0.05, 0) is 88.9 Å². The predicted octanol–water partition coefficient (Wildman–Crippen LogP) is 7.97. The fourth-order valence-electron chi connectivity index (χ4n) is 12.8. The van der Waals surface area contributed by atoms with Gasteiger partial charge in [-0.2, -0.15) is 26.3 Å². The Kier molecular flexibility index (Phi) is 9.83. The first-order chi connectivity index (χ1) is 25.2. The number of hydrogen-bond acceptors (Lipinski definition) is 9. The second-order valence-corrected chi connectivity index (χ2v) is 20.3. The molecule has 0 aromatic carbocycles. The normalized spacial score (nSPS) is 52.8. The molecule has 2 spiro atoms. The minimum Gasteiger partial charge on any atom is -0.341 e. The third-order valence-corrected chi connectivity index (χ3v) is 16.9. The van der Waals surface area contributed by atoms with E-state index in [4.69, 9.17) is 38.5 Å². The van der Waals surface area contributed by atoms with Gasteiger partial charge < -0.3 is 18.9 Å². The number of rotatable bonds is 8. The third-order valence-electron chi connectivity index (χ3n) is 15.6. The van der Waals surface area contributed by atoms with Gasteiger partial charge in [-0.3, -0.25) is 4.21 Å². The summed E-state index contributed by atoms with van der Waals surface area (Å²) in [6.45, 7) is 9.64. The first-order valence-electron chi connectivity index (χ1n) is 20.0. The van der Waals surface area contributed by atoms with Gasteiger partial charge in [0.15, 0.2) is 0 Å². The van der Waals surface area contributed by atoms with Crippen LogP contribution in [-0.2, 0) is 49.3 Å². The zero-order chi connectivity index (χ0) is 38.9. The number of ether oxygens (including phenoxy) is 4. The third kappa shape index (κ3) is 5.70. The van der Waals surface area contributed by atoms with Gasteiger partial charge in [-0.15, -0.1) is 0 Å². The van der Waals surface area contributed by atoms with E-state index in [1.807, 2.05) is 13.8 Å². The van der Waals surface area contributed by atoms with Crippen LogP contribution in [0.15, 0.2) is 0 Å². The molecule has 10 rings (SSSR count). The van der Waals surface area contributed by atoms with Crippen molar-refractivity contribution < 1.29 is 69.0 Å². The highest BCUT2D eigenvalue weighted by molar-refractivity contribution is 7.85. The Labute approximate surface area is 315 Å². The van der Waals surface area contributed by atoms with Gasteiger partial charge >= 0.3 is 12.4 Å². The lowest BCUT2D eigenvalue weighted by Gasteiger charge is -2.63. The van der Waals surface area contributed by atoms with Crippen LogP contribution in [0.1, 0.15) is 106 Å². The maximum Gasteiger partial charge on any atom is 0.443 e. The molecule has 0 aromatic heterocycles. The van der Waals surface area contributed by atoms with Crippen LogP contribution >= 0.6 is 0 Å². The van der Waals surface area contributed by atoms with Gasteiger partial charge in [-0.1, -0.05) is 27.7 Å².